The van der Waals surface area contributed by atoms with Crippen LogP contribution >= 0.6 is 11.6 Å². The number of hydrogen-bond donors (Lipinski definition) is 1. The molecule has 19 heavy (non-hydrogen) atoms. The number of nitrogens with zero attached hydrogens (tertiary/aromatic N) is 1. The Morgan fingerprint density at radius 2 is 2.00 bits per heavy atom. The van der Waals surface area contributed by atoms with Gasteiger partial charge in [0.05, 0.1) is 0 Å². The molecule has 1 heterocycles. The SMILES string of the molecule is CCC1CCN(C(c2ccc(Cl)cc2)C(N)CC)C1. The van der Waals surface area contributed by atoms with Crippen molar-refractivity contribution in [2.75, 3.05) is 13.1 Å². The fraction of sp³-hybridized carbons (Fsp3) is 0.625. The van der Waals surface area contributed by atoms with Crippen LogP contribution in [0.25, 0.3) is 0 Å². The molecule has 2 nitrogen and oxygen atoms in total. The monoisotopic (exact) mass is 280 g/mol. The minimum atomic E-state index is 0.191. The van der Waals surface area contributed by atoms with E-state index in [-0.39, 0.29) is 6.04 Å². The molecule has 1 aromatic carbocycles. The highest BCUT2D eigenvalue weighted by atomic mass is 35.5. The smallest absolute Gasteiger partial charge is 0.0499 e. The number of hydrogen-bond acceptors (Lipinski definition) is 2. The van der Waals surface area contributed by atoms with Gasteiger partial charge in [-0.1, -0.05) is 44.0 Å². The Bertz CT molecular complexity index is 390. The van der Waals surface area contributed by atoms with E-state index in [4.69, 9.17) is 17.3 Å². The highest BCUT2D eigenvalue weighted by Gasteiger charge is 2.31. The van der Waals surface area contributed by atoms with Crippen molar-refractivity contribution in [1.29, 1.82) is 0 Å². The molecular weight excluding hydrogens is 256 g/mol. The molecule has 0 aliphatic carbocycles. The van der Waals surface area contributed by atoms with Crippen molar-refractivity contribution in [3.63, 3.8) is 0 Å². The lowest BCUT2D eigenvalue weighted by molar-refractivity contribution is 0.201. The second kappa shape index (κ2) is 6.74. The Balaban J connectivity index is 2.19. The average molecular weight is 281 g/mol. The van der Waals surface area contributed by atoms with Crippen LogP contribution in [-0.2, 0) is 0 Å². The molecule has 0 aromatic heterocycles. The number of likely N-dealkylation sites (tertiary alicyclic amines) is 1. The van der Waals surface area contributed by atoms with Crippen LogP contribution in [0.2, 0.25) is 5.02 Å². The standard InChI is InChI=1S/C16H25ClN2/c1-3-12-9-10-19(11-12)16(15(18)4-2)13-5-7-14(17)8-6-13/h5-8,12,15-16H,3-4,9-11,18H2,1-2H3. The van der Waals surface area contributed by atoms with Gasteiger partial charge in [-0.25, -0.2) is 0 Å². The lowest BCUT2D eigenvalue weighted by Crippen LogP contribution is -2.39. The summed E-state index contributed by atoms with van der Waals surface area (Å²) in [5, 5.41) is 0.792. The largest absolute Gasteiger partial charge is 0.326 e. The fourth-order valence-electron chi connectivity index (χ4n) is 3.06. The molecule has 2 rings (SSSR count). The average Bonchev–Trinajstić information content (AvgIpc) is 2.89. The van der Waals surface area contributed by atoms with Crippen LogP contribution < -0.4 is 5.73 Å². The van der Waals surface area contributed by atoms with Crippen LogP contribution in [0.3, 0.4) is 0 Å². The number of halogens is 1. The highest BCUT2D eigenvalue weighted by Crippen LogP contribution is 2.32. The molecule has 0 radical (unpaired) electrons. The minimum absolute atomic E-state index is 0.191. The predicted molar refractivity (Wildman–Crippen MR) is 82.4 cm³/mol. The Hall–Kier alpha value is -0.570. The number of rotatable bonds is 5. The molecule has 1 aliphatic heterocycles. The maximum absolute atomic E-state index is 6.38. The van der Waals surface area contributed by atoms with E-state index in [1.54, 1.807) is 0 Å². The van der Waals surface area contributed by atoms with Crippen LogP contribution in [0.1, 0.15) is 44.7 Å². The zero-order chi connectivity index (χ0) is 13.8. The van der Waals surface area contributed by atoms with Gasteiger partial charge in [-0.2, -0.15) is 0 Å². The molecule has 1 aromatic rings. The normalized spacial score (nSPS) is 23.5. The summed E-state index contributed by atoms with van der Waals surface area (Å²) < 4.78 is 0. The van der Waals surface area contributed by atoms with Crippen molar-refractivity contribution < 1.29 is 0 Å². The van der Waals surface area contributed by atoms with E-state index >= 15 is 0 Å². The molecule has 0 amide bonds. The van der Waals surface area contributed by atoms with Crippen molar-refractivity contribution in [3.05, 3.63) is 34.9 Å². The first-order valence-electron chi connectivity index (χ1n) is 7.40. The lowest BCUT2D eigenvalue weighted by Gasteiger charge is -2.33. The number of benzene rings is 1. The first-order valence-corrected chi connectivity index (χ1v) is 7.78. The molecule has 106 valence electrons. The summed E-state index contributed by atoms with van der Waals surface area (Å²) in [7, 11) is 0. The van der Waals surface area contributed by atoms with Crippen LogP contribution in [0, 0.1) is 5.92 Å². The molecule has 3 unspecified atom stereocenters. The fourth-order valence-corrected chi connectivity index (χ4v) is 3.19. The van der Waals surface area contributed by atoms with Crippen molar-refractivity contribution in [3.8, 4) is 0 Å². The van der Waals surface area contributed by atoms with E-state index in [0.29, 0.717) is 6.04 Å². The van der Waals surface area contributed by atoms with Crippen LogP contribution in [0.5, 0.6) is 0 Å². The zero-order valence-corrected chi connectivity index (χ0v) is 12.7. The second-order valence-corrected chi connectivity index (χ2v) is 6.06. The van der Waals surface area contributed by atoms with Crippen LogP contribution in [0.15, 0.2) is 24.3 Å². The quantitative estimate of drug-likeness (QED) is 0.888. The van der Waals surface area contributed by atoms with E-state index in [2.05, 4.69) is 30.9 Å². The molecule has 0 spiro atoms. The first-order chi connectivity index (χ1) is 9.15. The van der Waals surface area contributed by atoms with Gasteiger partial charge >= 0.3 is 0 Å². The van der Waals surface area contributed by atoms with E-state index in [9.17, 15) is 0 Å². The summed E-state index contributed by atoms with van der Waals surface area (Å²) in [4.78, 5) is 2.56. The van der Waals surface area contributed by atoms with Gasteiger partial charge in [-0.3, -0.25) is 4.90 Å². The molecule has 1 saturated heterocycles. The van der Waals surface area contributed by atoms with Gasteiger partial charge in [0.2, 0.25) is 0 Å². The summed E-state index contributed by atoms with van der Waals surface area (Å²) in [6, 6.07) is 8.72. The van der Waals surface area contributed by atoms with Crippen molar-refractivity contribution in [1.82, 2.24) is 4.90 Å². The summed E-state index contributed by atoms with van der Waals surface area (Å²) >= 11 is 5.99. The third-order valence-electron chi connectivity index (χ3n) is 4.38. The maximum Gasteiger partial charge on any atom is 0.0499 e. The van der Waals surface area contributed by atoms with Gasteiger partial charge in [0.15, 0.2) is 0 Å². The molecule has 3 heteroatoms. The molecule has 3 atom stereocenters. The molecule has 1 fully saturated rings. The van der Waals surface area contributed by atoms with Gasteiger partial charge in [0, 0.05) is 23.7 Å². The summed E-state index contributed by atoms with van der Waals surface area (Å²) in [6.45, 7) is 6.79. The van der Waals surface area contributed by atoms with Gasteiger partial charge in [-0.15, -0.1) is 0 Å². The topological polar surface area (TPSA) is 29.3 Å². The van der Waals surface area contributed by atoms with Crippen molar-refractivity contribution in [2.45, 2.75) is 45.2 Å². The summed E-state index contributed by atoms with van der Waals surface area (Å²) in [5.41, 5.74) is 7.68. The summed E-state index contributed by atoms with van der Waals surface area (Å²) in [5.74, 6) is 0.832. The number of nitrogens with two attached hydrogens (primary N) is 1. The van der Waals surface area contributed by atoms with Gasteiger partial charge in [0.25, 0.3) is 0 Å². The van der Waals surface area contributed by atoms with E-state index in [1.807, 2.05) is 12.1 Å². The molecule has 2 N–H and O–H groups in total. The van der Waals surface area contributed by atoms with E-state index in [0.717, 1.165) is 17.4 Å². The second-order valence-electron chi connectivity index (χ2n) is 5.63. The molecular formula is C16H25ClN2. The minimum Gasteiger partial charge on any atom is -0.326 e. The third kappa shape index (κ3) is 3.50. The molecule has 0 bridgehead atoms. The van der Waals surface area contributed by atoms with Crippen LogP contribution in [-0.4, -0.2) is 24.0 Å². The van der Waals surface area contributed by atoms with Gasteiger partial charge < -0.3 is 5.73 Å². The molecule has 1 aliphatic rings. The van der Waals surface area contributed by atoms with E-state index in [1.165, 1.54) is 31.5 Å². The maximum atomic E-state index is 6.38. The van der Waals surface area contributed by atoms with Crippen LogP contribution in [0.4, 0.5) is 0 Å². The van der Waals surface area contributed by atoms with E-state index < -0.39 is 0 Å². The van der Waals surface area contributed by atoms with Crippen molar-refractivity contribution >= 4 is 11.6 Å². The van der Waals surface area contributed by atoms with Crippen molar-refractivity contribution in [2.24, 2.45) is 11.7 Å². The Morgan fingerprint density at radius 1 is 1.32 bits per heavy atom. The first kappa shape index (κ1) is 14.8. The Morgan fingerprint density at radius 3 is 2.53 bits per heavy atom. The lowest BCUT2D eigenvalue weighted by atomic mass is 9.96. The zero-order valence-electron chi connectivity index (χ0n) is 12.0. The van der Waals surface area contributed by atoms with Gasteiger partial charge in [-0.05, 0) is 43.0 Å². The Kier molecular flexibility index (Phi) is 5.26. The highest BCUT2D eigenvalue weighted by molar-refractivity contribution is 6.30. The van der Waals surface area contributed by atoms with Gasteiger partial charge in [0.1, 0.15) is 0 Å². The predicted octanol–water partition coefficient (Wildman–Crippen LogP) is 3.85. The Labute approximate surface area is 121 Å². The summed E-state index contributed by atoms with van der Waals surface area (Å²) in [6.07, 6.45) is 3.57. The third-order valence-corrected chi connectivity index (χ3v) is 4.63. The molecule has 0 saturated carbocycles.